The average molecular weight is 197 g/mol. The third-order valence-electron chi connectivity index (χ3n) is 2.83. The van der Waals surface area contributed by atoms with Gasteiger partial charge in [0, 0.05) is 0 Å². The van der Waals surface area contributed by atoms with Crippen LogP contribution in [0.25, 0.3) is 0 Å². The molecule has 0 bridgehead atoms. The van der Waals surface area contributed by atoms with E-state index in [9.17, 15) is 13.2 Å². The van der Waals surface area contributed by atoms with Gasteiger partial charge in [-0.05, 0) is 32.7 Å². The summed E-state index contributed by atoms with van der Waals surface area (Å²) >= 11 is 0. The fourth-order valence-corrected chi connectivity index (χ4v) is 1.77. The van der Waals surface area contributed by atoms with Crippen molar-refractivity contribution < 1.29 is 18.3 Å². The highest BCUT2D eigenvalue weighted by molar-refractivity contribution is 4.97. The Morgan fingerprint density at radius 1 is 1.31 bits per heavy atom. The standard InChI is InChI=1S/C8H14F3NO/c1-12-7(8(9,10)11)4-2-6(13)3-5-7/h6,12-13H,2-5H2,1H3/t6-,7-. The minimum absolute atomic E-state index is 0.0336. The van der Waals surface area contributed by atoms with Gasteiger partial charge in [-0.1, -0.05) is 0 Å². The van der Waals surface area contributed by atoms with Gasteiger partial charge in [0.1, 0.15) is 5.54 Å². The Labute approximate surface area is 75.1 Å². The summed E-state index contributed by atoms with van der Waals surface area (Å²) in [4.78, 5) is 0. The van der Waals surface area contributed by atoms with E-state index >= 15 is 0 Å². The van der Waals surface area contributed by atoms with Crippen molar-refractivity contribution in [3.8, 4) is 0 Å². The fraction of sp³-hybridized carbons (Fsp3) is 1.00. The molecule has 1 saturated carbocycles. The molecule has 1 rings (SSSR count). The number of hydrogen-bond acceptors (Lipinski definition) is 2. The van der Waals surface area contributed by atoms with Crippen LogP contribution < -0.4 is 5.32 Å². The Bertz CT molecular complexity index is 173. The van der Waals surface area contributed by atoms with E-state index in [0.717, 1.165) is 0 Å². The van der Waals surface area contributed by atoms with Crippen molar-refractivity contribution in [1.29, 1.82) is 0 Å². The summed E-state index contributed by atoms with van der Waals surface area (Å²) in [5.74, 6) is 0. The minimum atomic E-state index is -4.22. The quantitative estimate of drug-likeness (QED) is 0.666. The number of alkyl halides is 3. The first-order chi connectivity index (χ1) is 5.91. The highest BCUT2D eigenvalue weighted by Crippen LogP contribution is 2.41. The Kier molecular flexibility index (Phi) is 2.87. The SMILES string of the molecule is CN[C@]1(C(F)(F)F)CC[C@@H](O)CC1. The summed E-state index contributed by atoms with van der Waals surface area (Å²) in [6.45, 7) is 0. The van der Waals surface area contributed by atoms with E-state index in [2.05, 4.69) is 5.32 Å². The van der Waals surface area contributed by atoms with Crippen LogP contribution >= 0.6 is 0 Å². The van der Waals surface area contributed by atoms with E-state index < -0.39 is 17.8 Å². The Balaban J connectivity index is 2.72. The van der Waals surface area contributed by atoms with Gasteiger partial charge in [-0.3, -0.25) is 0 Å². The molecule has 1 fully saturated rings. The molecule has 0 aromatic rings. The van der Waals surface area contributed by atoms with Gasteiger partial charge in [0.15, 0.2) is 0 Å². The number of aliphatic hydroxyl groups is 1. The van der Waals surface area contributed by atoms with Crippen LogP contribution in [0.1, 0.15) is 25.7 Å². The number of halogens is 3. The van der Waals surface area contributed by atoms with E-state index in [1.165, 1.54) is 7.05 Å². The second-order valence-electron chi connectivity index (χ2n) is 3.56. The van der Waals surface area contributed by atoms with Crippen molar-refractivity contribution in [2.45, 2.75) is 43.5 Å². The molecule has 0 aromatic heterocycles. The van der Waals surface area contributed by atoms with Crippen LogP contribution in [0, 0.1) is 0 Å². The molecule has 13 heavy (non-hydrogen) atoms. The second kappa shape index (κ2) is 3.46. The van der Waals surface area contributed by atoms with Crippen molar-refractivity contribution in [3.63, 3.8) is 0 Å². The van der Waals surface area contributed by atoms with E-state index in [4.69, 9.17) is 5.11 Å². The first kappa shape index (κ1) is 10.8. The van der Waals surface area contributed by atoms with Gasteiger partial charge >= 0.3 is 6.18 Å². The van der Waals surface area contributed by atoms with Gasteiger partial charge in [0.05, 0.1) is 6.10 Å². The van der Waals surface area contributed by atoms with Crippen molar-refractivity contribution in [2.24, 2.45) is 0 Å². The van der Waals surface area contributed by atoms with Gasteiger partial charge < -0.3 is 10.4 Å². The molecule has 0 aromatic carbocycles. The molecule has 2 nitrogen and oxygen atoms in total. The van der Waals surface area contributed by atoms with Crippen LogP contribution in [0.4, 0.5) is 13.2 Å². The number of rotatable bonds is 1. The zero-order valence-corrected chi connectivity index (χ0v) is 7.49. The van der Waals surface area contributed by atoms with Crippen molar-refractivity contribution >= 4 is 0 Å². The van der Waals surface area contributed by atoms with E-state index in [1.807, 2.05) is 0 Å². The molecule has 0 heterocycles. The van der Waals surface area contributed by atoms with Crippen molar-refractivity contribution in [1.82, 2.24) is 5.32 Å². The van der Waals surface area contributed by atoms with Crippen LogP contribution in [0.2, 0.25) is 0 Å². The zero-order chi connectivity index (χ0) is 10.1. The Hall–Kier alpha value is -0.290. The molecular formula is C8H14F3NO. The van der Waals surface area contributed by atoms with Gasteiger partial charge in [0.25, 0.3) is 0 Å². The maximum atomic E-state index is 12.6. The van der Waals surface area contributed by atoms with Gasteiger partial charge in [-0.2, -0.15) is 13.2 Å². The summed E-state index contributed by atoms with van der Waals surface area (Å²) in [7, 11) is 1.32. The third-order valence-corrected chi connectivity index (χ3v) is 2.83. The van der Waals surface area contributed by atoms with E-state index in [-0.39, 0.29) is 25.7 Å². The van der Waals surface area contributed by atoms with Crippen LogP contribution in [0.15, 0.2) is 0 Å². The minimum Gasteiger partial charge on any atom is -0.393 e. The van der Waals surface area contributed by atoms with Crippen LogP contribution in [-0.4, -0.2) is 30.0 Å². The average Bonchev–Trinajstić information content (AvgIpc) is 2.04. The van der Waals surface area contributed by atoms with Crippen LogP contribution in [0.5, 0.6) is 0 Å². The molecule has 0 atom stereocenters. The first-order valence-electron chi connectivity index (χ1n) is 4.35. The van der Waals surface area contributed by atoms with Crippen LogP contribution in [-0.2, 0) is 0 Å². The molecule has 0 radical (unpaired) electrons. The van der Waals surface area contributed by atoms with Crippen LogP contribution in [0.3, 0.4) is 0 Å². The van der Waals surface area contributed by atoms with E-state index in [0.29, 0.717) is 0 Å². The molecule has 5 heteroatoms. The predicted molar refractivity (Wildman–Crippen MR) is 42.3 cm³/mol. The summed E-state index contributed by atoms with van der Waals surface area (Å²) in [5.41, 5.74) is -1.77. The molecule has 0 amide bonds. The molecule has 78 valence electrons. The third kappa shape index (κ3) is 1.96. The lowest BCUT2D eigenvalue weighted by Gasteiger charge is -2.40. The summed E-state index contributed by atoms with van der Waals surface area (Å²) < 4.78 is 37.7. The Morgan fingerprint density at radius 3 is 2.08 bits per heavy atom. The predicted octanol–water partition coefficient (Wildman–Crippen LogP) is 1.44. The second-order valence-corrected chi connectivity index (χ2v) is 3.56. The highest BCUT2D eigenvalue weighted by atomic mass is 19.4. The summed E-state index contributed by atoms with van der Waals surface area (Å²) in [5, 5.41) is 11.4. The molecule has 0 spiro atoms. The van der Waals surface area contributed by atoms with Gasteiger partial charge in [0.2, 0.25) is 0 Å². The smallest absolute Gasteiger partial charge is 0.393 e. The normalized spacial score (nSPS) is 36.2. The molecule has 2 N–H and O–H groups in total. The lowest BCUT2D eigenvalue weighted by atomic mass is 9.80. The van der Waals surface area contributed by atoms with Crippen molar-refractivity contribution in [2.75, 3.05) is 7.05 Å². The molecule has 1 aliphatic carbocycles. The molecule has 1 aliphatic rings. The lowest BCUT2D eigenvalue weighted by Crippen LogP contribution is -2.57. The largest absolute Gasteiger partial charge is 0.406 e. The maximum Gasteiger partial charge on any atom is 0.406 e. The van der Waals surface area contributed by atoms with Gasteiger partial charge in [-0.25, -0.2) is 0 Å². The number of aliphatic hydroxyl groups excluding tert-OH is 1. The highest BCUT2D eigenvalue weighted by Gasteiger charge is 2.54. The van der Waals surface area contributed by atoms with Crippen molar-refractivity contribution in [3.05, 3.63) is 0 Å². The number of nitrogens with one attached hydrogen (secondary N) is 1. The monoisotopic (exact) mass is 197 g/mol. The number of hydrogen-bond donors (Lipinski definition) is 2. The van der Waals surface area contributed by atoms with Gasteiger partial charge in [-0.15, -0.1) is 0 Å². The first-order valence-corrected chi connectivity index (χ1v) is 4.35. The van der Waals surface area contributed by atoms with E-state index in [1.54, 1.807) is 0 Å². The molecule has 0 aliphatic heterocycles. The molecule has 0 saturated heterocycles. The fourth-order valence-electron chi connectivity index (χ4n) is 1.77. The molecular weight excluding hydrogens is 183 g/mol. The maximum absolute atomic E-state index is 12.6. The lowest BCUT2D eigenvalue weighted by molar-refractivity contribution is -0.207. The molecule has 0 unspecified atom stereocenters. The summed E-state index contributed by atoms with van der Waals surface area (Å²) in [6, 6.07) is 0. The summed E-state index contributed by atoms with van der Waals surface area (Å²) in [6.07, 6.45) is -4.41. The Morgan fingerprint density at radius 2 is 1.77 bits per heavy atom. The topological polar surface area (TPSA) is 32.3 Å². The zero-order valence-electron chi connectivity index (χ0n) is 7.49.